The van der Waals surface area contributed by atoms with E-state index < -0.39 is 0 Å². The van der Waals surface area contributed by atoms with Crippen LogP contribution in [-0.2, 0) is 16.0 Å². The first-order valence-corrected chi connectivity index (χ1v) is 8.88. The van der Waals surface area contributed by atoms with Crippen LogP contribution in [0.5, 0.6) is 0 Å². The van der Waals surface area contributed by atoms with E-state index in [0.29, 0.717) is 11.4 Å². The predicted molar refractivity (Wildman–Crippen MR) is 103 cm³/mol. The van der Waals surface area contributed by atoms with Gasteiger partial charge in [0, 0.05) is 52.7 Å². The Morgan fingerprint density at radius 1 is 1.30 bits per heavy atom. The smallest absolute Gasteiger partial charge is 0.310 e. The van der Waals surface area contributed by atoms with Gasteiger partial charge in [0.1, 0.15) is 0 Å². The second-order valence-electron chi connectivity index (χ2n) is 5.49. The molecule has 1 atom stereocenters. The zero-order valence-electron chi connectivity index (χ0n) is 16.1. The minimum Gasteiger partial charge on any atom is -0.600 e. The Bertz CT molecular complexity index is 706. The molecule has 0 aliphatic rings. The summed E-state index contributed by atoms with van der Waals surface area (Å²) in [5.41, 5.74) is 1.39. The van der Waals surface area contributed by atoms with E-state index in [4.69, 9.17) is 13.6 Å². The summed E-state index contributed by atoms with van der Waals surface area (Å²) in [4.78, 5) is 16.3. The third-order valence-corrected chi connectivity index (χ3v) is 3.36. The minimum atomic E-state index is -0.254. The second kappa shape index (κ2) is 16.2. The Labute approximate surface area is 201 Å². The van der Waals surface area contributed by atoms with Crippen LogP contribution in [0.2, 0.25) is 0 Å². The standard InChI is InChI=1S/C18H22NO4.C2H6.CH4.Yb/c1-4-5-8-13(2)22-17(20)11-15-9-6-7-10-16(15)19-18-21-12-14(3)23-18;1-2;;/h6-7,9-10,13H,4-5,8,11H2,1-3H3;1-2H3;1H4;/q-1;;;. The van der Waals surface area contributed by atoms with E-state index in [1.54, 1.807) is 13.0 Å². The molecule has 2 aromatic rings. The van der Waals surface area contributed by atoms with Crippen LogP contribution < -0.4 is 5.75 Å². The van der Waals surface area contributed by atoms with Gasteiger partial charge in [0.2, 0.25) is 5.75 Å². The number of aryl methyl sites for hydroxylation is 1. The Hall–Kier alpha value is -0.781. The molecule has 1 aromatic heterocycles. The molecule has 1 unspecified atom stereocenters. The summed E-state index contributed by atoms with van der Waals surface area (Å²) in [5, 5.41) is 0. The van der Waals surface area contributed by atoms with Gasteiger partial charge in [0.05, 0.1) is 18.2 Å². The molecule has 5 nitrogen and oxygen atoms in total. The molecule has 0 spiro atoms. The van der Waals surface area contributed by atoms with Crippen LogP contribution in [0.25, 0.3) is 0 Å². The van der Waals surface area contributed by atoms with Crippen molar-refractivity contribution in [3.05, 3.63) is 47.6 Å². The molecule has 0 aliphatic heterocycles. The summed E-state index contributed by atoms with van der Waals surface area (Å²) in [6.45, 7) is 9.76. The van der Waals surface area contributed by atoms with Crippen LogP contribution in [-0.4, -0.2) is 12.1 Å². The van der Waals surface area contributed by atoms with Gasteiger partial charge in [-0.2, -0.15) is 0 Å². The number of para-hydroxylation sites is 1. The van der Waals surface area contributed by atoms with Gasteiger partial charge in [-0.3, -0.25) is 9.79 Å². The first kappa shape index (κ1) is 28.4. The largest absolute Gasteiger partial charge is 0.600 e. The van der Waals surface area contributed by atoms with Gasteiger partial charge in [-0.1, -0.05) is 59.2 Å². The second-order valence-corrected chi connectivity index (χ2v) is 5.49. The van der Waals surface area contributed by atoms with Crippen LogP contribution in [0.3, 0.4) is 0 Å². The summed E-state index contributed by atoms with van der Waals surface area (Å²) < 4.78 is 15.7. The van der Waals surface area contributed by atoms with Crippen LogP contribution >= 0.6 is 0 Å². The SMILES string of the molecule is C.CC.CCCCC(C)OC(=O)Cc1ccccc1N=c1o[c-]c(C)o1.[Yb]. The van der Waals surface area contributed by atoms with Crippen molar-refractivity contribution < 1.29 is 65.3 Å². The number of carbonyl (C=O) groups excluding carboxylic acids is 1. The Balaban J connectivity index is 0. The molecule has 160 valence electrons. The monoisotopic (exact) mass is 536 g/mol. The molecule has 0 bridgehead atoms. The van der Waals surface area contributed by atoms with Crippen molar-refractivity contribution in [3.63, 3.8) is 0 Å². The van der Waals surface area contributed by atoms with E-state index >= 15 is 0 Å². The van der Waals surface area contributed by atoms with Gasteiger partial charge < -0.3 is 13.6 Å². The summed E-state index contributed by atoms with van der Waals surface area (Å²) in [6, 6.07) is 7.35. The summed E-state index contributed by atoms with van der Waals surface area (Å²) in [7, 11) is 0. The number of rotatable bonds is 7. The van der Waals surface area contributed by atoms with Crippen molar-refractivity contribution in [2.75, 3.05) is 0 Å². The van der Waals surface area contributed by atoms with Gasteiger partial charge in [-0.25, -0.2) is 0 Å². The zero-order valence-corrected chi connectivity index (χ0v) is 17.8. The zero-order chi connectivity index (χ0) is 18.7. The number of unbranched alkanes of at least 4 members (excludes halogenated alkanes) is 1. The van der Waals surface area contributed by atoms with Crippen molar-refractivity contribution in [1.29, 1.82) is 0 Å². The van der Waals surface area contributed by atoms with Crippen molar-refractivity contribution in [2.24, 2.45) is 4.99 Å². The molecule has 0 aliphatic carbocycles. The molecule has 0 saturated heterocycles. The molecule has 0 fully saturated rings. The van der Waals surface area contributed by atoms with E-state index in [9.17, 15) is 4.79 Å². The van der Waals surface area contributed by atoms with Crippen molar-refractivity contribution >= 4 is 11.7 Å². The summed E-state index contributed by atoms with van der Waals surface area (Å²) >= 11 is 0. The van der Waals surface area contributed by atoms with E-state index in [2.05, 4.69) is 18.2 Å². The molecule has 0 amide bonds. The normalized spacial score (nSPS) is 11.4. The molecule has 0 radical (unpaired) electrons. The average Bonchev–Trinajstić information content (AvgIpc) is 3.01. The molecular formula is C21H32NO4Yb-. The maximum atomic E-state index is 12.1. The Kier molecular flexibility index (Phi) is 17.1. The number of hydrogen-bond donors (Lipinski definition) is 0. The van der Waals surface area contributed by atoms with Gasteiger partial charge in [0.25, 0.3) is 0 Å². The van der Waals surface area contributed by atoms with E-state index in [1.807, 2.05) is 39.0 Å². The van der Waals surface area contributed by atoms with Crippen molar-refractivity contribution in [1.82, 2.24) is 0 Å². The molecular weight excluding hydrogens is 503 g/mol. The number of carbonyl (C=O) groups is 1. The first-order valence-electron chi connectivity index (χ1n) is 8.88. The fourth-order valence-electron chi connectivity index (χ4n) is 2.17. The van der Waals surface area contributed by atoms with Crippen LogP contribution in [0.1, 0.15) is 65.7 Å². The van der Waals surface area contributed by atoms with Crippen molar-refractivity contribution in [3.8, 4) is 0 Å². The quantitative estimate of drug-likeness (QED) is 0.345. The number of benzene rings is 1. The molecule has 6 heteroatoms. The molecule has 27 heavy (non-hydrogen) atoms. The fourth-order valence-corrected chi connectivity index (χ4v) is 2.17. The van der Waals surface area contributed by atoms with E-state index in [-0.39, 0.29) is 78.6 Å². The van der Waals surface area contributed by atoms with Gasteiger partial charge in [-0.05, 0) is 38.2 Å². The number of hydrogen-bond acceptors (Lipinski definition) is 5. The number of nitrogens with zero attached hydrogens (tertiary/aromatic N) is 1. The Morgan fingerprint density at radius 2 is 1.96 bits per heavy atom. The van der Waals surface area contributed by atoms with Gasteiger partial charge >= 0.3 is 5.97 Å². The van der Waals surface area contributed by atoms with E-state index in [0.717, 1.165) is 24.8 Å². The first-order chi connectivity index (χ1) is 12.1. The fraction of sp³-hybridized carbons (Fsp3) is 0.524. The maximum absolute atomic E-state index is 12.1. The molecule has 0 N–H and O–H groups in total. The van der Waals surface area contributed by atoms with Crippen LogP contribution in [0.4, 0.5) is 5.69 Å². The van der Waals surface area contributed by atoms with Gasteiger partial charge in [-0.15, -0.1) is 0 Å². The maximum Gasteiger partial charge on any atom is 0.310 e. The third kappa shape index (κ3) is 11.0. The topological polar surface area (TPSA) is 64.9 Å². The Morgan fingerprint density at radius 3 is 2.56 bits per heavy atom. The molecule has 1 heterocycles. The van der Waals surface area contributed by atoms with E-state index in [1.165, 1.54) is 0 Å². The third-order valence-electron chi connectivity index (χ3n) is 3.36. The molecule has 2 rings (SSSR count). The van der Waals surface area contributed by atoms with Gasteiger partial charge in [0.15, 0.2) is 0 Å². The molecule has 0 saturated carbocycles. The van der Waals surface area contributed by atoms with Crippen LogP contribution in [0.15, 0.2) is 38.1 Å². The minimum absolute atomic E-state index is 0. The summed E-state index contributed by atoms with van der Waals surface area (Å²) in [5.74, 6) is 0.375. The number of esters is 1. The van der Waals surface area contributed by atoms with Crippen LogP contribution in [0, 0.1) is 60.1 Å². The average molecular weight is 536 g/mol. The number of ether oxygens (including phenoxy) is 1. The van der Waals surface area contributed by atoms with Crippen molar-refractivity contribution in [2.45, 2.75) is 73.8 Å². The molecule has 1 aromatic carbocycles. The predicted octanol–water partition coefficient (Wildman–Crippen LogP) is 5.54. The summed E-state index contributed by atoms with van der Waals surface area (Å²) in [6.07, 6.45) is 5.69.